The second kappa shape index (κ2) is 6.04. The molecule has 124 valence electrons. The van der Waals surface area contributed by atoms with Gasteiger partial charge in [-0.2, -0.15) is 0 Å². The summed E-state index contributed by atoms with van der Waals surface area (Å²) in [5.41, 5.74) is 6.28. The third-order valence-corrected chi connectivity index (χ3v) is 5.20. The van der Waals surface area contributed by atoms with Gasteiger partial charge in [0.25, 0.3) is 0 Å². The third kappa shape index (κ3) is 2.52. The van der Waals surface area contributed by atoms with Gasteiger partial charge in [0.05, 0.1) is 11.6 Å². The molecule has 1 aromatic carbocycles. The van der Waals surface area contributed by atoms with E-state index in [1.165, 1.54) is 27.7 Å². The Labute approximate surface area is 142 Å². The van der Waals surface area contributed by atoms with Gasteiger partial charge < -0.3 is 14.6 Å². The minimum atomic E-state index is -0.506. The van der Waals surface area contributed by atoms with E-state index in [-0.39, 0.29) is 0 Å². The number of likely N-dealkylation sites (N-methyl/N-ethyl adjacent to an activating group) is 1. The van der Waals surface area contributed by atoms with Crippen molar-refractivity contribution in [1.82, 2.24) is 14.5 Å². The highest BCUT2D eigenvalue weighted by Gasteiger charge is 2.22. The summed E-state index contributed by atoms with van der Waals surface area (Å²) in [7, 11) is 4.33. The molecule has 1 aliphatic rings. The highest BCUT2D eigenvalue weighted by molar-refractivity contribution is 5.88. The van der Waals surface area contributed by atoms with E-state index in [1.54, 1.807) is 12.4 Å². The number of hydrogen-bond donors (Lipinski definition) is 1. The molecule has 0 fully saturated rings. The number of aliphatic hydroxyl groups excluding tert-OH is 1. The summed E-state index contributed by atoms with van der Waals surface area (Å²) in [4.78, 5) is 6.40. The molecule has 24 heavy (non-hydrogen) atoms. The Morgan fingerprint density at radius 1 is 1.17 bits per heavy atom. The second-order valence-corrected chi connectivity index (χ2v) is 6.79. The summed E-state index contributed by atoms with van der Waals surface area (Å²) in [6.07, 6.45) is 4.67. The van der Waals surface area contributed by atoms with Crippen molar-refractivity contribution in [3.05, 3.63) is 65.1 Å². The predicted octanol–water partition coefficient (Wildman–Crippen LogP) is 2.84. The van der Waals surface area contributed by atoms with Crippen LogP contribution in [0.5, 0.6) is 0 Å². The maximum atomic E-state index is 10.6. The summed E-state index contributed by atoms with van der Waals surface area (Å²) >= 11 is 0. The van der Waals surface area contributed by atoms with E-state index in [4.69, 9.17) is 0 Å². The normalized spacial score (nSPS) is 16.3. The zero-order valence-corrected chi connectivity index (χ0v) is 14.2. The fourth-order valence-electron chi connectivity index (χ4n) is 3.92. The molecule has 1 unspecified atom stereocenters. The van der Waals surface area contributed by atoms with Gasteiger partial charge in [0.1, 0.15) is 0 Å². The Morgan fingerprint density at radius 3 is 2.75 bits per heavy atom. The Morgan fingerprint density at radius 2 is 1.96 bits per heavy atom. The monoisotopic (exact) mass is 321 g/mol. The Hall–Kier alpha value is -2.17. The summed E-state index contributed by atoms with van der Waals surface area (Å²) in [5, 5.41) is 12.0. The first kappa shape index (κ1) is 15.4. The maximum absolute atomic E-state index is 10.6. The van der Waals surface area contributed by atoms with E-state index in [0.717, 1.165) is 25.1 Å². The molecule has 1 N–H and O–H groups in total. The van der Waals surface area contributed by atoms with E-state index in [1.807, 2.05) is 12.1 Å². The van der Waals surface area contributed by atoms with Crippen LogP contribution in [0.3, 0.4) is 0 Å². The molecule has 0 spiro atoms. The van der Waals surface area contributed by atoms with Crippen LogP contribution in [-0.2, 0) is 26.4 Å². The molecule has 4 nitrogen and oxygen atoms in total. The number of para-hydroxylation sites is 1. The first-order valence-electron chi connectivity index (χ1n) is 8.49. The molecular formula is C20H23N3O. The molecule has 0 radical (unpaired) electrons. The summed E-state index contributed by atoms with van der Waals surface area (Å²) < 4.78 is 2.33. The first-order chi connectivity index (χ1) is 11.6. The Balaban J connectivity index is 1.77. The van der Waals surface area contributed by atoms with Crippen LogP contribution < -0.4 is 0 Å². The van der Waals surface area contributed by atoms with Crippen LogP contribution in [0, 0.1) is 0 Å². The zero-order valence-electron chi connectivity index (χ0n) is 14.2. The molecule has 0 bridgehead atoms. The Kier molecular flexibility index (Phi) is 3.87. The van der Waals surface area contributed by atoms with Gasteiger partial charge in [0, 0.05) is 50.0 Å². The topological polar surface area (TPSA) is 41.3 Å². The summed E-state index contributed by atoms with van der Waals surface area (Å²) in [5.74, 6) is 0. The summed E-state index contributed by atoms with van der Waals surface area (Å²) in [6, 6.07) is 10.3. The molecule has 1 aliphatic heterocycles. The van der Waals surface area contributed by atoms with Crippen LogP contribution in [0.15, 0.2) is 42.7 Å². The number of pyridine rings is 1. The second-order valence-electron chi connectivity index (χ2n) is 6.79. The number of nitrogens with zero attached hydrogens (tertiary/aromatic N) is 3. The number of aromatic nitrogens is 2. The highest BCUT2D eigenvalue weighted by Crippen LogP contribution is 2.33. The van der Waals surface area contributed by atoms with E-state index in [9.17, 15) is 5.11 Å². The average molecular weight is 321 g/mol. The van der Waals surface area contributed by atoms with Crippen LogP contribution in [-0.4, -0.2) is 33.1 Å². The van der Waals surface area contributed by atoms with Crippen molar-refractivity contribution in [3.8, 4) is 0 Å². The van der Waals surface area contributed by atoms with Gasteiger partial charge in [0.15, 0.2) is 0 Å². The van der Waals surface area contributed by atoms with Gasteiger partial charge >= 0.3 is 0 Å². The van der Waals surface area contributed by atoms with Crippen molar-refractivity contribution in [2.75, 3.05) is 13.6 Å². The lowest BCUT2D eigenvalue weighted by Crippen LogP contribution is -2.27. The van der Waals surface area contributed by atoms with E-state index in [2.05, 4.69) is 46.7 Å². The number of fused-ring (bicyclic) bond motifs is 3. The molecule has 4 heteroatoms. The van der Waals surface area contributed by atoms with Crippen LogP contribution in [0.25, 0.3) is 10.9 Å². The average Bonchev–Trinajstić information content (AvgIpc) is 2.89. The minimum absolute atomic E-state index is 0.506. The number of aliphatic hydroxyl groups is 1. The minimum Gasteiger partial charge on any atom is -0.388 e. The molecular weight excluding hydrogens is 298 g/mol. The molecule has 0 aliphatic carbocycles. The third-order valence-electron chi connectivity index (χ3n) is 5.20. The van der Waals surface area contributed by atoms with E-state index in [0.29, 0.717) is 6.42 Å². The molecule has 0 saturated heterocycles. The first-order valence-corrected chi connectivity index (χ1v) is 8.49. The van der Waals surface area contributed by atoms with Gasteiger partial charge in [-0.1, -0.05) is 18.2 Å². The zero-order chi connectivity index (χ0) is 16.7. The summed E-state index contributed by atoms with van der Waals surface area (Å²) in [6.45, 7) is 2.10. The fourth-order valence-corrected chi connectivity index (χ4v) is 3.92. The lowest BCUT2D eigenvalue weighted by molar-refractivity contribution is 0.178. The van der Waals surface area contributed by atoms with Crippen LogP contribution in [0.4, 0.5) is 0 Å². The van der Waals surface area contributed by atoms with Crippen molar-refractivity contribution < 1.29 is 5.11 Å². The molecule has 4 rings (SSSR count). The number of hydrogen-bond acceptors (Lipinski definition) is 3. The fraction of sp³-hybridized carbons (Fsp3) is 0.350. The van der Waals surface area contributed by atoms with Gasteiger partial charge in [-0.05, 0) is 42.3 Å². The van der Waals surface area contributed by atoms with Crippen LogP contribution in [0.1, 0.15) is 28.5 Å². The lowest BCUT2D eigenvalue weighted by atomic mass is 9.98. The Bertz CT molecular complexity index is 869. The molecule has 0 amide bonds. The highest BCUT2D eigenvalue weighted by atomic mass is 16.3. The van der Waals surface area contributed by atoms with Crippen molar-refractivity contribution in [2.45, 2.75) is 25.5 Å². The van der Waals surface area contributed by atoms with Gasteiger partial charge in [-0.3, -0.25) is 4.98 Å². The molecule has 1 atom stereocenters. The largest absolute Gasteiger partial charge is 0.388 e. The molecule has 0 saturated carbocycles. The lowest BCUT2D eigenvalue weighted by Gasteiger charge is -2.23. The van der Waals surface area contributed by atoms with Crippen molar-refractivity contribution in [3.63, 3.8) is 0 Å². The number of aryl methyl sites for hydroxylation is 1. The van der Waals surface area contributed by atoms with E-state index < -0.39 is 6.10 Å². The molecule has 2 aromatic heterocycles. The molecule has 3 heterocycles. The number of benzene rings is 1. The van der Waals surface area contributed by atoms with Gasteiger partial charge in [0.2, 0.25) is 0 Å². The maximum Gasteiger partial charge on any atom is 0.0832 e. The number of rotatable bonds is 3. The van der Waals surface area contributed by atoms with Crippen molar-refractivity contribution >= 4 is 10.9 Å². The quantitative estimate of drug-likeness (QED) is 0.806. The van der Waals surface area contributed by atoms with Crippen LogP contribution in [0.2, 0.25) is 0 Å². The standard InChI is InChI=1S/C20H23N3O/c1-22-11-8-16-17-5-3-4-15(20(17)23(2)18(16)13-22)12-19(24)14-6-9-21-10-7-14/h3-7,9-10,19,24H,8,11-13H2,1-2H3. The van der Waals surface area contributed by atoms with E-state index >= 15 is 0 Å². The van der Waals surface area contributed by atoms with Gasteiger partial charge in [-0.15, -0.1) is 0 Å². The van der Waals surface area contributed by atoms with Crippen LogP contribution >= 0.6 is 0 Å². The van der Waals surface area contributed by atoms with Crippen molar-refractivity contribution in [1.29, 1.82) is 0 Å². The molecule has 3 aromatic rings. The predicted molar refractivity (Wildman–Crippen MR) is 95.9 cm³/mol. The SMILES string of the molecule is CN1CCc2c(n(C)c3c(CC(O)c4ccncc4)cccc23)C1. The van der Waals surface area contributed by atoms with Crippen molar-refractivity contribution in [2.24, 2.45) is 7.05 Å². The smallest absolute Gasteiger partial charge is 0.0832 e. The van der Waals surface area contributed by atoms with Gasteiger partial charge in [-0.25, -0.2) is 0 Å².